The van der Waals surface area contributed by atoms with Crippen LogP contribution in [0.3, 0.4) is 0 Å². The van der Waals surface area contributed by atoms with E-state index in [-0.39, 0.29) is 19.0 Å². The van der Waals surface area contributed by atoms with Gasteiger partial charge in [-0.25, -0.2) is 0 Å². The lowest BCUT2D eigenvalue weighted by Gasteiger charge is -2.41. The molecule has 1 aliphatic rings. The van der Waals surface area contributed by atoms with E-state index in [4.69, 9.17) is 16.3 Å². The van der Waals surface area contributed by atoms with Crippen molar-refractivity contribution in [3.8, 4) is 5.75 Å². The molecule has 0 atom stereocenters. The number of methoxy groups -OCH3 is 1. The number of piperidine rings is 1. The molecule has 2 N–H and O–H groups in total. The number of halogens is 1. The van der Waals surface area contributed by atoms with Gasteiger partial charge in [-0.3, -0.25) is 9.35 Å². The molecule has 1 amide bonds. The van der Waals surface area contributed by atoms with Gasteiger partial charge in [-0.05, 0) is 42.7 Å². The molecule has 0 aromatic heterocycles. The Morgan fingerprint density at radius 1 is 1.21 bits per heavy atom. The van der Waals surface area contributed by atoms with Crippen LogP contribution in [0.15, 0.2) is 48.5 Å². The fourth-order valence-electron chi connectivity index (χ4n) is 3.71. The van der Waals surface area contributed by atoms with Crippen molar-refractivity contribution in [2.75, 3.05) is 26.7 Å². The number of ether oxygens (including phenoxy) is 1. The maximum Gasteiger partial charge on any atom is 0.335 e. The van der Waals surface area contributed by atoms with Gasteiger partial charge in [0.1, 0.15) is 5.75 Å². The van der Waals surface area contributed by atoms with Crippen LogP contribution in [0.4, 0.5) is 0 Å². The summed E-state index contributed by atoms with van der Waals surface area (Å²) in [4.78, 5) is 12.8. The molecular formula is C20H23ClN2O5S. The molecule has 2 aromatic carbocycles. The standard InChI is InChI=1S/C20H23ClN2O5S/c1-28-18-8-3-2-7-17(18)19(24)22-14-20(15-5-4-6-16(21)13-15)9-11-23(12-10-20)29(25,26)27/h2-8,13H,9-12,14H2,1H3,(H,22,24)(H,25,26,27). The highest BCUT2D eigenvalue weighted by atomic mass is 35.5. The number of hydrogen-bond donors (Lipinski definition) is 2. The first kappa shape index (κ1) is 21.6. The molecule has 3 rings (SSSR count). The smallest absolute Gasteiger partial charge is 0.335 e. The zero-order valence-electron chi connectivity index (χ0n) is 16.0. The minimum absolute atomic E-state index is 0.149. The number of rotatable bonds is 6. The predicted molar refractivity (Wildman–Crippen MR) is 111 cm³/mol. The molecule has 7 nitrogen and oxygen atoms in total. The number of nitrogens with zero attached hydrogens (tertiary/aromatic N) is 1. The highest BCUT2D eigenvalue weighted by Gasteiger charge is 2.39. The van der Waals surface area contributed by atoms with E-state index < -0.39 is 15.7 Å². The molecule has 1 aliphatic heterocycles. The van der Waals surface area contributed by atoms with Crippen LogP contribution in [0.1, 0.15) is 28.8 Å². The minimum Gasteiger partial charge on any atom is -0.496 e. The molecule has 156 valence electrons. The Morgan fingerprint density at radius 3 is 2.52 bits per heavy atom. The number of amides is 1. The summed E-state index contributed by atoms with van der Waals surface area (Å²) >= 11 is 6.18. The van der Waals surface area contributed by atoms with Crippen molar-refractivity contribution in [3.63, 3.8) is 0 Å². The van der Waals surface area contributed by atoms with Crippen LogP contribution in [0.5, 0.6) is 5.75 Å². The maximum atomic E-state index is 12.8. The summed E-state index contributed by atoms with van der Waals surface area (Å²) in [6.45, 7) is 0.593. The van der Waals surface area contributed by atoms with E-state index in [1.807, 2.05) is 18.2 Å². The first-order valence-corrected chi connectivity index (χ1v) is 10.9. The molecular weight excluding hydrogens is 416 g/mol. The first-order valence-electron chi connectivity index (χ1n) is 9.15. The van der Waals surface area contributed by atoms with Crippen LogP contribution in [0.2, 0.25) is 5.02 Å². The van der Waals surface area contributed by atoms with Gasteiger partial charge in [0.15, 0.2) is 0 Å². The van der Waals surface area contributed by atoms with Crippen molar-refractivity contribution in [1.82, 2.24) is 9.62 Å². The van der Waals surface area contributed by atoms with Crippen LogP contribution >= 0.6 is 11.6 Å². The summed E-state index contributed by atoms with van der Waals surface area (Å²) in [5.74, 6) is 0.198. The Balaban J connectivity index is 1.84. The van der Waals surface area contributed by atoms with E-state index >= 15 is 0 Å². The van der Waals surface area contributed by atoms with Gasteiger partial charge in [0, 0.05) is 30.1 Å². The van der Waals surface area contributed by atoms with Crippen LogP contribution in [-0.4, -0.2) is 49.9 Å². The molecule has 9 heteroatoms. The fourth-order valence-corrected chi connectivity index (χ4v) is 4.54. The number of carbonyl (C=O) groups is 1. The van der Waals surface area contributed by atoms with Crippen molar-refractivity contribution in [3.05, 3.63) is 64.7 Å². The van der Waals surface area contributed by atoms with Crippen molar-refractivity contribution < 1.29 is 22.5 Å². The molecule has 1 fully saturated rings. The Morgan fingerprint density at radius 2 is 1.90 bits per heavy atom. The van der Waals surface area contributed by atoms with Gasteiger partial charge in [-0.15, -0.1) is 0 Å². The summed E-state index contributed by atoms with van der Waals surface area (Å²) in [6, 6.07) is 14.3. The van der Waals surface area contributed by atoms with E-state index in [9.17, 15) is 17.8 Å². The van der Waals surface area contributed by atoms with Crippen molar-refractivity contribution in [1.29, 1.82) is 0 Å². The quantitative estimate of drug-likeness (QED) is 0.676. The van der Waals surface area contributed by atoms with Gasteiger partial charge in [0.05, 0.1) is 12.7 Å². The molecule has 1 saturated heterocycles. The van der Waals surface area contributed by atoms with Gasteiger partial charge in [0.25, 0.3) is 5.91 Å². The van der Waals surface area contributed by atoms with Crippen LogP contribution in [0, 0.1) is 0 Å². The molecule has 0 unspecified atom stereocenters. The van der Waals surface area contributed by atoms with Crippen molar-refractivity contribution in [2.24, 2.45) is 0 Å². The largest absolute Gasteiger partial charge is 0.496 e. The molecule has 2 aromatic rings. The summed E-state index contributed by atoms with van der Waals surface area (Å²) < 4.78 is 38.6. The van der Waals surface area contributed by atoms with Crippen LogP contribution in [0.25, 0.3) is 0 Å². The van der Waals surface area contributed by atoms with Gasteiger partial charge in [0.2, 0.25) is 0 Å². The molecule has 0 saturated carbocycles. The first-order chi connectivity index (χ1) is 13.7. The average molecular weight is 439 g/mol. The van der Waals surface area contributed by atoms with Crippen LogP contribution in [-0.2, 0) is 15.7 Å². The lowest BCUT2D eigenvalue weighted by atomic mass is 9.73. The summed E-state index contributed by atoms with van der Waals surface area (Å²) in [5, 5.41) is 3.53. The Labute approximate surface area is 175 Å². The van der Waals surface area contributed by atoms with Gasteiger partial charge in [-0.2, -0.15) is 12.7 Å². The minimum atomic E-state index is -4.25. The van der Waals surface area contributed by atoms with Gasteiger partial charge in [-0.1, -0.05) is 35.9 Å². The van der Waals surface area contributed by atoms with Gasteiger partial charge >= 0.3 is 10.3 Å². The molecule has 0 bridgehead atoms. The summed E-state index contributed by atoms with van der Waals surface area (Å²) in [7, 11) is -2.74. The molecule has 0 aliphatic carbocycles. The van der Waals surface area contributed by atoms with E-state index in [2.05, 4.69) is 5.32 Å². The van der Waals surface area contributed by atoms with E-state index in [1.165, 1.54) is 7.11 Å². The van der Waals surface area contributed by atoms with E-state index in [0.717, 1.165) is 9.87 Å². The lowest BCUT2D eigenvalue weighted by molar-refractivity contribution is 0.0929. The summed E-state index contributed by atoms with van der Waals surface area (Å²) in [5.41, 5.74) is 0.830. The number of carbonyl (C=O) groups excluding carboxylic acids is 1. The van der Waals surface area contributed by atoms with E-state index in [1.54, 1.807) is 30.3 Å². The second-order valence-corrected chi connectivity index (χ2v) is 8.90. The number of para-hydroxylation sites is 1. The Hall–Kier alpha value is -2.13. The van der Waals surface area contributed by atoms with E-state index in [0.29, 0.717) is 35.7 Å². The third-order valence-electron chi connectivity index (χ3n) is 5.38. The number of benzene rings is 2. The van der Waals surface area contributed by atoms with Crippen molar-refractivity contribution in [2.45, 2.75) is 18.3 Å². The normalized spacial score (nSPS) is 16.9. The second-order valence-electron chi connectivity index (χ2n) is 7.05. The molecule has 1 heterocycles. The predicted octanol–water partition coefficient (Wildman–Crippen LogP) is 2.92. The highest BCUT2D eigenvalue weighted by molar-refractivity contribution is 7.83. The SMILES string of the molecule is COc1ccccc1C(=O)NCC1(c2cccc(Cl)c2)CCN(S(=O)(=O)O)CC1. The van der Waals surface area contributed by atoms with Crippen LogP contribution < -0.4 is 10.1 Å². The second kappa shape index (κ2) is 8.71. The third-order valence-corrected chi connectivity index (χ3v) is 6.63. The zero-order chi connectivity index (χ0) is 21.1. The monoisotopic (exact) mass is 438 g/mol. The topological polar surface area (TPSA) is 95.9 Å². The third kappa shape index (κ3) is 4.90. The molecule has 0 radical (unpaired) electrons. The zero-order valence-corrected chi connectivity index (χ0v) is 17.5. The fraction of sp³-hybridized carbons (Fsp3) is 0.350. The summed E-state index contributed by atoms with van der Waals surface area (Å²) in [6.07, 6.45) is 0.860. The number of nitrogens with one attached hydrogen (secondary N) is 1. The Bertz CT molecular complexity index is 988. The maximum absolute atomic E-state index is 12.8. The lowest BCUT2D eigenvalue weighted by Crippen LogP contribution is -2.50. The molecule has 29 heavy (non-hydrogen) atoms. The van der Waals surface area contributed by atoms with Gasteiger partial charge < -0.3 is 10.1 Å². The molecule has 0 spiro atoms. The van der Waals surface area contributed by atoms with Crippen molar-refractivity contribution >= 4 is 27.8 Å². The highest BCUT2D eigenvalue weighted by Crippen LogP contribution is 2.37. The average Bonchev–Trinajstić information content (AvgIpc) is 2.71. The number of hydrogen-bond acceptors (Lipinski definition) is 4. The Kier molecular flexibility index (Phi) is 6.48.